The lowest BCUT2D eigenvalue weighted by Gasteiger charge is -2.15. The van der Waals surface area contributed by atoms with Crippen molar-refractivity contribution in [1.29, 1.82) is 0 Å². The van der Waals surface area contributed by atoms with Crippen molar-refractivity contribution in [2.75, 3.05) is 7.05 Å². The Hall–Kier alpha value is -2.00. The summed E-state index contributed by atoms with van der Waals surface area (Å²) in [7, 11) is -2.78. The van der Waals surface area contributed by atoms with Crippen LogP contribution in [0.4, 0.5) is 5.69 Å². The number of para-hydroxylation sites is 1. The molecule has 1 amide bonds. The molecule has 0 unspecified atom stereocenters. The van der Waals surface area contributed by atoms with E-state index in [9.17, 15) is 23.3 Å². The van der Waals surface area contributed by atoms with E-state index < -0.39 is 37.5 Å². The molecular weight excluding hydrogens is 286 g/mol. The normalized spacial score (nSPS) is 12.7. The van der Waals surface area contributed by atoms with E-state index in [1.807, 2.05) is 0 Å². The van der Waals surface area contributed by atoms with Crippen molar-refractivity contribution in [3.63, 3.8) is 0 Å². The molecule has 0 aliphatic carbocycles. The van der Waals surface area contributed by atoms with Gasteiger partial charge in [-0.2, -0.15) is 4.72 Å². The molecule has 20 heavy (non-hydrogen) atoms. The lowest BCUT2D eigenvalue weighted by Crippen LogP contribution is -2.45. The molecule has 0 saturated carbocycles. The van der Waals surface area contributed by atoms with Crippen molar-refractivity contribution < 1.29 is 18.1 Å². The van der Waals surface area contributed by atoms with Crippen molar-refractivity contribution >= 4 is 21.6 Å². The molecule has 110 valence electrons. The molecule has 0 aliphatic heterocycles. The van der Waals surface area contributed by atoms with Gasteiger partial charge in [0.05, 0.1) is 4.92 Å². The second-order valence-electron chi connectivity index (χ2n) is 3.92. The molecule has 8 nitrogen and oxygen atoms in total. The number of nitrogens with zero attached hydrogens (tertiary/aromatic N) is 1. The molecule has 0 radical (unpaired) electrons. The van der Waals surface area contributed by atoms with E-state index in [4.69, 9.17) is 0 Å². The van der Waals surface area contributed by atoms with Crippen LogP contribution in [0.3, 0.4) is 0 Å². The van der Waals surface area contributed by atoms with Gasteiger partial charge < -0.3 is 5.32 Å². The minimum Gasteiger partial charge on any atom is -0.358 e. The van der Waals surface area contributed by atoms with Gasteiger partial charge in [0.25, 0.3) is 5.69 Å². The number of hydrogen-bond donors (Lipinski definition) is 2. The molecule has 0 bridgehead atoms. The van der Waals surface area contributed by atoms with Gasteiger partial charge in [0.2, 0.25) is 15.9 Å². The van der Waals surface area contributed by atoms with Crippen LogP contribution in [-0.2, 0) is 14.8 Å². The maximum absolute atomic E-state index is 12.2. The van der Waals surface area contributed by atoms with E-state index in [-0.39, 0.29) is 6.42 Å². The Morgan fingerprint density at radius 2 is 2.00 bits per heavy atom. The average Bonchev–Trinajstić information content (AvgIpc) is 2.43. The summed E-state index contributed by atoms with van der Waals surface area (Å²) in [4.78, 5) is 21.1. The van der Waals surface area contributed by atoms with Gasteiger partial charge in [-0.25, -0.2) is 8.42 Å². The zero-order valence-corrected chi connectivity index (χ0v) is 11.8. The molecule has 0 spiro atoms. The summed E-state index contributed by atoms with van der Waals surface area (Å²) in [6.45, 7) is 1.63. The Morgan fingerprint density at radius 1 is 1.40 bits per heavy atom. The monoisotopic (exact) mass is 301 g/mol. The van der Waals surface area contributed by atoms with Crippen LogP contribution in [-0.4, -0.2) is 32.3 Å². The molecular formula is C11H15N3O5S. The van der Waals surface area contributed by atoms with Crippen LogP contribution < -0.4 is 10.0 Å². The molecule has 9 heteroatoms. The minimum atomic E-state index is -4.15. The first kappa shape index (κ1) is 16.1. The van der Waals surface area contributed by atoms with E-state index >= 15 is 0 Å². The highest BCUT2D eigenvalue weighted by Crippen LogP contribution is 2.23. The topological polar surface area (TPSA) is 118 Å². The third-order valence-corrected chi connectivity index (χ3v) is 4.14. The number of rotatable bonds is 6. The highest BCUT2D eigenvalue weighted by molar-refractivity contribution is 7.89. The van der Waals surface area contributed by atoms with Gasteiger partial charge in [-0.3, -0.25) is 14.9 Å². The Morgan fingerprint density at radius 3 is 2.50 bits per heavy atom. The van der Waals surface area contributed by atoms with Crippen molar-refractivity contribution in [2.24, 2.45) is 0 Å². The predicted molar refractivity (Wildman–Crippen MR) is 71.6 cm³/mol. The second-order valence-corrected chi connectivity index (χ2v) is 5.60. The van der Waals surface area contributed by atoms with Crippen LogP contribution in [0.15, 0.2) is 29.2 Å². The quantitative estimate of drug-likeness (QED) is 0.582. The molecule has 0 fully saturated rings. The van der Waals surface area contributed by atoms with Crippen LogP contribution >= 0.6 is 0 Å². The number of nitro benzene ring substituents is 1. The molecule has 2 N–H and O–H groups in total. The smallest absolute Gasteiger partial charge is 0.289 e. The number of nitro groups is 1. The fourth-order valence-corrected chi connectivity index (χ4v) is 3.03. The number of amides is 1. The summed E-state index contributed by atoms with van der Waals surface area (Å²) in [5, 5.41) is 13.2. The van der Waals surface area contributed by atoms with Crippen molar-refractivity contribution in [1.82, 2.24) is 10.0 Å². The van der Waals surface area contributed by atoms with Crippen molar-refractivity contribution in [3.8, 4) is 0 Å². The lowest BCUT2D eigenvalue weighted by molar-refractivity contribution is -0.387. The van der Waals surface area contributed by atoms with Crippen LogP contribution in [0.25, 0.3) is 0 Å². The largest absolute Gasteiger partial charge is 0.358 e. The molecule has 0 aromatic heterocycles. The first-order valence-corrected chi connectivity index (χ1v) is 7.29. The first-order chi connectivity index (χ1) is 9.33. The molecule has 0 aliphatic rings. The van der Waals surface area contributed by atoms with Crippen LogP contribution in [0.5, 0.6) is 0 Å². The summed E-state index contributed by atoms with van der Waals surface area (Å²) in [6.07, 6.45) is 0.222. The Labute approximate surface area is 116 Å². The molecule has 0 saturated heterocycles. The number of benzene rings is 1. The minimum absolute atomic E-state index is 0.222. The Balaban J connectivity index is 3.18. The number of likely N-dealkylation sites (N-methyl/N-ethyl adjacent to an activating group) is 1. The second kappa shape index (κ2) is 6.44. The molecule has 1 atom stereocenters. The van der Waals surface area contributed by atoms with Gasteiger partial charge in [-0.1, -0.05) is 19.1 Å². The zero-order valence-electron chi connectivity index (χ0n) is 11.0. The third-order valence-electron chi connectivity index (χ3n) is 2.62. The molecule has 1 rings (SSSR count). The van der Waals surface area contributed by atoms with Gasteiger partial charge >= 0.3 is 0 Å². The van der Waals surface area contributed by atoms with Crippen LogP contribution in [0, 0.1) is 10.1 Å². The fraction of sp³-hybridized carbons (Fsp3) is 0.364. The number of sulfonamides is 1. The standard InChI is InChI=1S/C11H15N3O5S/c1-3-8(11(15)12-2)13-20(18,19)10-7-5-4-6-9(10)14(16)17/h4-8,13H,3H2,1-2H3,(H,12,15)/t8-/m1/s1. The molecule has 1 aromatic carbocycles. The predicted octanol–water partition coefficient (Wildman–Crippen LogP) is 0.398. The zero-order chi connectivity index (χ0) is 15.3. The number of nitrogens with one attached hydrogen (secondary N) is 2. The van der Waals surface area contributed by atoms with E-state index in [0.29, 0.717) is 0 Å². The average molecular weight is 301 g/mol. The van der Waals surface area contributed by atoms with E-state index in [2.05, 4.69) is 10.0 Å². The SMILES string of the molecule is CC[C@@H](NS(=O)(=O)c1ccccc1[N+](=O)[O-])C(=O)NC. The summed E-state index contributed by atoms with van der Waals surface area (Å²) in [5.74, 6) is -0.505. The Bertz CT molecular complexity index is 614. The van der Waals surface area contributed by atoms with E-state index in [1.165, 1.54) is 19.2 Å². The van der Waals surface area contributed by atoms with Gasteiger partial charge in [-0.15, -0.1) is 0 Å². The summed E-state index contributed by atoms with van der Waals surface area (Å²) >= 11 is 0. The highest BCUT2D eigenvalue weighted by atomic mass is 32.2. The van der Waals surface area contributed by atoms with Crippen LogP contribution in [0.2, 0.25) is 0 Å². The Kier molecular flexibility index (Phi) is 5.17. The van der Waals surface area contributed by atoms with Crippen molar-refractivity contribution in [2.45, 2.75) is 24.3 Å². The van der Waals surface area contributed by atoms with Gasteiger partial charge in [0, 0.05) is 13.1 Å². The van der Waals surface area contributed by atoms with E-state index in [1.54, 1.807) is 6.92 Å². The summed E-state index contributed by atoms with van der Waals surface area (Å²) in [5.41, 5.74) is -0.535. The van der Waals surface area contributed by atoms with Gasteiger partial charge in [0.1, 0.15) is 6.04 Å². The lowest BCUT2D eigenvalue weighted by atomic mass is 10.2. The van der Waals surface area contributed by atoms with Gasteiger partial charge in [-0.05, 0) is 12.5 Å². The number of hydrogen-bond acceptors (Lipinski definition) is 5. The molecule has 1 aromatic rings. The third kappa shape index (κ3) is 3.52. The maximum atomic E-state index is 12.2. The number of carbonyl (C=O) groups excluding carboxylic acids is 1. The molecule has 0 heterocycles. The number of carbonyl (C=O) groups is 1. The van der Waals surface area contributed by atoms with Crippen LogP contribution in [0.1, 0.15) is 13.3 Å². The van der Waals surface area contributed by atoms with Gasteiger partial charge in [0.15, 0.2) is 4.90 Å². The highest BCUT2D eigenvalue weighted by Gasteiger charge is 2.29. The summed E-state index contributed by atoms with van der Waals surface area (Å²) < 4.78 is 26.5. The van der Waals surface area contributed by atoms with Crippen molar-refractivity contribution in [3.05, 3.63) is 34.4 Å². The summed E-state index contributed by atoms with van der Waals surface area (Å²) in [6, 6.07) is 3.98. The van der Waals surface area contributed by atoms with E-state index in [0.717, 1.165) is 12.1 Å². The first-order valence-electron chi connectivity index (χ1n) is 5.80. The maximum Gasteiger partial charge on any atom is 0.289 e. The fourth-order valence-electron chi connectivity index (χ4n) is 1.58.